The van der Waals surface area contributed by atoms with Gasteiger partial charge in [0, 0.05) is 11.9 Å². The fourth-order valence-electron chi connectivity index (χ4n) is 2.56. The molecule has 3 heterocycles. The van der Waals surface area contributed by atoms with E-state index in [0.29, 0.717) is 12.4 Å². The molecule has 0 spiro atoms. The Morgan fingerprint density at radius 2 is 2.25 bits per heavy atom. The second kappa shape index (κ2) is 4.97. The van der Waals surface area contributed by atoms with E-state index in [-0.39, 0.29) is 11.9 Å². The molecule has 0 bridgehead atoms. The third-order valence-electron chi connectivity index (χ3n) is 3.50. The van der Waals surface area contributed by atoms with Crippen LogP contribution in [0.15, 0.2) is 5.38 Å². The number of carbonyl (C=O) groups excluding carboxylic acids is 1. The molecule has 0 N–H and O–H groups in total. The lowest BCUT2D eigenvalue weighted by molar-refractivity contribution is -0.136. The highest BCUT2D eigenvalue weighted by Crippen LogP contribution is 2.28. The van der Waals surface area contributed by atoms with Crippen molar-refractivity contribution >= 4 is 17.2 Å². The molecule has 3 rings (SSSR count). The van der Waals surface area contributed by atoms with Crippen molar-refractivity contribution in [2.45, 2.75) is 39.8 Å². The minimum atomic E-state index is -0.266. The maximum absolute atomic E-state index is 12.4. The van der Waals surface area contributed by atoms with E-state index in [9.17, 15) is 4.79 Å². The number of thiazole rings is 1. The number of aryl methyl sites for hydroxylation is 1. The highest BCUT2D eigenvalue weighted by molar-refractivity contribution is 7.09. The second-order valence-electron chi connectivity index (χ2n) is 5.00. The molecule has 1 amide bonds. The highest BCUT2D eigenvalue weighted by Gasteiger charge is 2.33. The summed E-state index contributed by atoms with van der Waals surface area (Å²) in [7, 11) is 0. The zero-order chi connectivity index (χ0) is 14.3. The van der Waals surface area contributed by atoms with Gasteiger partial charge < -0.3 is 4.90 Å². The predicted molar refractivity (Wildman–Crippen MR) is 76.3 cm³/mol. The molecule has 6 nitrogen and oxygen atoms in total. The van der Waals surface area contributed by atoms with E-state index in [1.807, 2.05) is 28.7 Å². The summed E-state index contributed by atoms with van der Waals surface area (Å²) in [5, 5.41) is 11.4. The Balaban J connectivity index is 2.02. The number of hydrogen-bond acceptors (Lipinski definition) is 5. The van der Waals surface area contributed by atoms with Gasteiger partial charge in [-0.15, -0.1) is 21.5 Å². The average molecular weight is 291 g/mol. The van der Waals surface area contributed by atoms with Crippen LogP contribution in [0.5, 0.6) is 0 Å². The molecule has 7 heteroatoms. The zero-order valence-corrected chi connectivity index (χ0v) is 12.6. The molecule has 0 saturated carbocycles. The zero-order valence-electron chi connectivity index (χ0n) is 11.8. The van der Waals surface area contributed by atoms with E-state index < -0.39 is 0 Å². The van der Waals surface area contributed by atoms with E-state index in [0.717, 1.165) is 29.5 Å². The van der Waals surface area contributed by atoms with Crippen LogP contribution in [0.4, 0.5) is 0 Å². The van der Waals surface area contributed by atoms with E-state index >= 15 is 0 Å². The number of amides is 1. The lowest BCUT2D eigenvalue weighted by Crippen LogP contribution is -2.42. The van der Waals surface area contributed by atoms with Crippen LogP contribution in [0.25, 0.3) is 11.5 Å². The third kappa shape index (κ3) is 2.02. The van der Waals surface area contributed by atoms with E-state index in [1.165, 1.54) is 0 Å². The Kier molecular flexibility index (Phi) is 3.29. The second-order valence-corrected chi connectivity index (χ2v) is 6.06. The fourth-order valence-corrected chi connectivity index (χ4v) is 3.15. The number of fused-ring (bicyclic) bond motifs is 1. The van der Waals surface area contributed by atoms with Crippen LogP contribution < -0.4 is 0 Å². The monoisotopic (exact) mass is 291 g/mol. The number of nitrogens with zero attached hydrogens (tertiary/aromatic N) is 5. The summed E-state index contributed by atoms with van der Waals surface area (Å²) in [6.07, 6.45) is 0.949. The van der Waals surface area contributed by atoms with Gasteiger partial charge in [0.25, 0.3) is 0 Å². The summed E-state index contributed by atoms with van der Waals surface area (Å²) >= 11 is 1.58. The molecule has 20 heavy (non-hydrogen) atoms. The molecule has 2 aromatic heterocycles. The largest absolute Gasteiger partial charge is 0.333 e. The maximum Gasteiger partial charge on any atom is 0.245 e. The van der Waals surface area contributed by atoms with Crippen molar-refractivity contribution in [3.63, 3.8) is 0 Å². The number of carbonyl (C=O) groups is 1. The van der Waals surface area contributed by atoms with Gasteiger partial charge in [-0.2, -0.15) is 0 Å². The van der Waals surface area contributed by atoms with Crippen molar-refractivity contribution in [2.24, 2.45) is 0 Å². The van der Waals surface area contributed by atoms with Gasteiger partial charge >= 0.3 is 0 Å². The summed E-state index contributed by atoms with van der Waals surface area (Å²) in [5.74, 6) is 1.67. The lowest BCUT2D eigenvalue weighted by atomic mass is 10.2. The average Bonchev–Trinajstić information content (AvgIpc) is 3.02. The minimum absolute atomic E-state index is 0.132. The Morgan fingerprint density at radius 1 is 1.45 bits per heavy atom. The van der Waals surface area contributed by atoms with Crippen LogP contribution in [0.3, 0.4) is 0 Å². The minimum Gasteiger partial charge on any atom is -0.333 e. The van der Waals surface area contributed by atoms with E-state index in [4.69, 9.17) is 0 Å². The Labute approximate surface area is 121 Å². The fraction of sp³-hybridized carbons (Fsp3) is 0.538. The van der Waals surface area contributed by atoms with Gasteiger partial charge in [-0.25, -0.2) is 4.98 Å². The molecule has 1 aliphatic rings. The van der Waals surface area contributed by atoms with Gasteiger partial charge in [0.15, 0.2) is 11.6 Å². The molecular weight excluding hydrogens is 274 g/mol. The van der Waals surface area contributed by atoms with Crippen molar-refractivity contribution < 1.29 is 4.79 Å². The Morgan fingerprint density at radius 3 is 2.90 bits per heavy atom. The van der Waals surface area contributed by atoms with Crippen LogP contribution >= 0.6 is 11.3 Å². The molecule has 0 saturated heterocycles. The predicted octanol–water partition coefficient (Wildman–Crippen LogP) is 2.02. The van der Waals surface area contributed by atoms with Crippen molar-refractivity contribution in [1.29, 1.82) is 0 Å². The molecule has 106 valence electrons. The lowest BCUT2D eigenvalue weighted by Gasteiger charge is -2.31. The molecule has 0 fully saturated rings. The first-order chi connectivity index (χ1) is 9.61. The number of aromatic nitrogens is 4. The topological polar surface area (TPSA) is 63.9 Å². The molecule has 0 unspecified atom stereocenters. The first-order valence-corrected chi connectivity index (χ1v) is 7.64. The van der Waals surface area contributed by atoms with E-state index in [1.54, 1.807) is 11.3 Å². The van der Waals surface area contributed by atoms with Crippen LogP contribution in [0, 0.1) is 6.92 Å². The maximum atomic E-state index is 12.4. The molecule has 0 radical (unpaired) electrons. The molecule has 2 aromatic rings. The SMILES string of the molecule is CCCN1Cc2nnc(-c3csc(C)n3)n2[C@@H](C)C1=O. The molecule has 1 atom stereocenters. The summed E-state index contributed by atoms with van der Waals surface area (Å²) in [6, 6.07) is -0.266. The summed E-state index contributed by atoms with van der Waals surface area (Å²) in [6.45, 7) is 7.23. The molecule has 0 aromatic carbocycles. The first kappa shape index (κ1) is 13.2. The van der Waals surface area contributed by atoms with Crippen LogP contribution in [0.2, 0.25) is 0 Å². The number of rotatable bonds is 3. The van der Waals surface area contributed by atoms with Crippen molar-refractivity contribution in [1.82, 2.24) is 24.6 Å². The van der Waals surface area contributed by atoms with E-state index in [2.05, 4.69) is 22.1 Å². The summed E-state index contributed by atoms with van der Waals surface area (Å²) in [5.41, 5.74) is 0.801. The normalized spacial score (nSPS) is 18.4. The van der Waals surface area contributed by atoms with Crippen molar-refractivity contribution in [3.8, 4) is 11.5 Å². The standard InChI is InChI=1S/C13H17N5OS/c1-4-5-17-6-11-15-16-12(10-7-20-9(3)14-10)18(11)8(2)13(17)19/h7-8H,4-6H2,1-3H3/t8-/m0/s1. The first-order valence-electron chi connectivity index (χ1n) is 6.77. The van der Waals surface area contributed by atoms with Gasteiger partial charge in [-0.05, 0) is 20.3 Å². The van der Waals surface area contributed by atoms with Crippen LogP contribution in [-0.2, 0) is 11.3 Å². The van der Waals surface area contributed by atoms with Gasteiger partial charge in [0.2, 0.25) is 5.91 Å². The van der Waals surface area contributed by atoms with Gasteiger partial charge in [-0.1, -0.05) is 6.92 Å². The summed E-state index contributed by atoms with van der Waals surface area (Å²) in [4.78, 5) is 18.7. The van der Waals surface area contributed by atoms with Gasteiger partial charge in [0.05, 0.1) is 11.6 Å². The molecular formula is C13H17N5OS. The van der Waals surface area contributed by atoms with Gasteiger partial charge in [0.1, 0.15) is 11.7 Å². The quantitative estimate of drug-likeness (QED) is 0.868. The van der Waals surface area contributed by atoms with Crippen LogP contribution in [0.1, 0.15) is 37.1 Å². The van der Waals surface area contributed by atoms with Crippen molar-refractivity contribution in [2.75, 3.05) is 6.54 Å². The van der Waals surface area contributed by atoms with Gasteiger partial charge in [-0.3, -0.25) is 9.36 Å². The summed E-state index contributed by atoms with van der Waals surface area (Å²) < 4.78 is 1.92. The smallest absolute Gasteiger partial charge is 0.245 e. The molecule has 1 aliphatic heterocycles. The molecule has 0 aliphatic carbocycles. The third-order valence-corrected chi connectivity index (χ3v) is 4.27. The Bertz CT molecular complexity index is 647. The number of hydrogen-bond donors (Lipinski definition) is 0. The van der Waals surface area contributed by atoms with Crippen molar-refractivity contribution in [3.05, 3.63) is 16.2 Å². The van der Waals surface area contributed by atoms with Crippen LogP contribution in [-0.4, -0.2) is 37.1 Å². The highest BCUT2D eigenvalue weighted by atomic mass is 32.1. The Hall–Kier alpha value is -1.76.